The summed E-state index contributed by atoms with van der Waals surface area (Å²) in [6, 6.07) is 2.00. The number of aryl methyl sites for hydroxylation is 2. The molecule has 26 heavy (non-hydrogen) atoms. The number of fused-ring (bicyclic) bond motifs is 1. The van der Waals surface area contributed by atoms with Crippen LogP contribution in [0, 0.1) is 12.8 Å². The summed E-state index contributed by atoms with van der Waals surface area (Å²) in [7, 11) is 0. The first-order chi connectivity index (χ1) is 12.6. The number of ether oxygens (including phenoxy) is 1. The van der Waals surface area contributed by atoms with Crippen molar-refractivity contribution in [3.8, 4) is 0 Å². The first-order valence-electron chi connectivity index (χ1n) is 9.40. The van der Waals surface area contributed by atoms with Crippen LogP contribution in [-0.2, 0) is 24.3 Å². The van der Waals surface area contributed by atoms with Crippen molar-refractivity contribution in [3.63, 3.8) is 0 Å². The van der Waals surface area contributed by atoms with Gasteiger partial charge in [-0.1, -0.05) is 6.92 Å². The normalized spacial score (nSPS) is 25.3. The van der Waals surface area contributed by atoms with Crippen molar-refractivity contribution in [1.82, 2.24) is 24.7 Å². The standard InChI is InChI=1S/C18H26N6O2/c1-3-14-6-11(2)20-18(21-14)19-9-13-7-12(8-15(13)25)17-23-22-16-10-26-5-4-24(16)17/h6,12-13,15,25H,3-5,7-10H2,1-2H3,(H,19,20,21)/t12-,13+,15+/m0/s1. The predicted octanol–water partition coefficient (Wildman–Crippen LogP) is 1.44. The number of aromatic nitrogens is 5. The van der Waals surface area contributed by atoms with Gasteiger partial charge in [0.2, 0.25) is 5.95 Å². The predicted molar refractivity (Wildman–Crippen MR) is 95.8 cm³/mol. The van der Waals surface area contributed by atoms with Gasteiger partial charge in [-0.25, -0.2) is 9.97 Å². The molecule has 4 rings (SSSR count). The van der Waals surface area contributed by atoms with Crippen molar-refractivity contribution < 1.29 is 9.84 Å². The van der Waals surface area contributed by atoms with Gasteiger partial charge in [0.05, 0.1) is 12.7 Å². The van der Waals surface area contributed by atoms with E-state index in [9.17, 15) is 5.11 Å². The van der Waals surface area contributed by atoms with E-state index in [2.05, 4.69) is 37.0 Å². The molecule has 8 nitrogen and oxygen atoms in total. The van der Waals surface area contributed by atoms with Crippen molar-refractivity contribution in [2.75, 3.05) is 18.5 Å². The molecule has 2 N–H and O–H groups in total. The quantitative estimate of drug-likeness (QED) is 0.834. The van der Waals surface area contributed by atoms with Gasteiger partial charge in [-0.2, -0.15) is 0 Å². The summed E-state index contributed by atoms with van der Waals surface area (Å²) in [6.07, 6.45) is 2.14. The second-order valence-electron chi connectivity index (χ2n) is 7.23. The van der Waals surface area contributed by atoms with E-state index in [1.807, 2.05) is 13.0 Å². The van der Waals surface area contributed by atoms with E-state index in [0.717, 1.165) is 48.8 Å². The average molecular weight is 358 g/mol. The number of hydrogen-bond acceptors (Lipinski definition) is 7. The Hall–Kier alpha value is -2.06. The van der Waals surface area contributed by atoms with Gasteiger partial charge in [-0.15, -0.1) is 10.2 Å². The van der Waals surface area contributed by atoms with Crippen molar-refractivity contribution in [1.29, 1.82) is 0 Å². The Kier molecular flexibility index (Phi) is 4.86. The highest BCUT2D eigenvalue weighted by atomic mass is 16.5. The number of aliphatic hydroxyl groups is 1. The van der Waals surface area contributed by atoms with Gasteiger partial charge in [-0.05, 0) is 32.3 Å². The van der Waals surface area contributed by atoms with Gasteiger partial charge in [0.1, 0.15) is 12.4 Å². The minimum absolute atomic E-state index is 0.155. The van der Waals surface area contributed by atoms with Gasteiger partial charge < -0.3 is 19.7 Å². The number of nitrogens with one attached hydrogen (secondary N) is 1. The fraction of sp³-hybridized carbons (Fsp3) is 0.667. The second-order valence-corrected chi connectivity index (χ2v) is 7.23. The third-order valence-electron chi connectivity index (χ3n) is 5.36. The van der Waals surface area contributed by atoms with E-state index in [0.29, 0.717) is 25.7 Å². The molecular weight excluding hydrogens is 332 g/mol. The summed E-state index contributed by atoms with van der Waals surface area (Å²) in [4.78, 5) is 8.97. The van der Waals surface area contributed by atoms with Gasteiger partial charge in [0.15, 0.2) is 5.82 Å². The van der Waals surface area contributed by atoms with Crippen LogP contribution in [0.5, 0.6) is 0 Å². The molecule has 0 unspecified atom stereocenters. The van der Waals surface area contributed by atoms with Crippen LogP contribution >= 0.6 is 0 Å². The van der Waals surface area contributed by atoms with Gasteiger partial charge in [0, 0.05) is 36.3 Å². The van der Waals surface area contributed by atoms with E-state index in [-0.39, 0.29) is 17.9 Å². The van der Waals surface area contributed by atoms with E-state index >= 15 is 0 Å². The Morgan fingerprint density at radius 2 is 2.19 bits per heavy atom. The van der Waals surface area contributed by atoms with Crippen LogP contribution < -0.4 is 5.32 Å². The highest BCUT2D eigenvalue weighted by Gasteiger charge is 2.37. The molecule has 140 valence electrons. The first-order valence-corrected chi connectivity index (χ1v) is 9.40. The van der Waals surface area contributed by atoms with Gasteiger partial charge >= 0.3 is 0 Å². The van der Waals surface area contributed by atoms with Crippen molar-refractivity contribution in [3.05, 3.63) is 29.1 Å². The molecule has 0 amide bonds. The highest BCUT2D eigenvalue weighted by Crippen LogP contribution is 2.38. The Bertz CT molecular complexity index is 777. The molecule has 0 aromatic carbocycles. The lowest BCUT2D eigenvalue weighted by atomic mass is 10.0. The fourth-order valence-electron chi connectivity index (χ4n) is 3.97. The molecule has 2 aliphatic rings. The smallest absolute Gasteiger partial charge is 0.223 e. The Morgan fingerprint density at radius 3 is 3.04 bits per heavy atom. The van der Waals surface area contributed by atoms with E-state index in [1.54, 1.807) is 0 Å². The van der Waals surface area contributed by atoms with Crippen LogP contribution in [0.15, 0.2) is 6.07 Å². The van der Waals surface area contributed by atoms with Crippen LogP contribution in [0.1, 0.15) is 48.7 Å². The minimum atomic E-state index is -0.351. The number of hydrogen-bond donors (Lipinski definition) is 2. The zero-order valence-corrected chi connectivity index (χ0v) is 15.4. The van der Waals surface area contributed by atoms with Crippen LogP contribution in [-0.4, -0.2) is 49.1 Å². The van der Waals surface area contributed by atoms with E-state index < -0.39 is 0 Å². The summed E-state index contributed by atoms with van der Waals surface area (Å²) in [5.41, 5.74) is 1.99. The average Bonchev–Trinajstić information content (AvgIpc) is 3.22. The van der Waals surface area contributed by atoms with Crippen LogP contribution in [0.25, 0.3) is 0 Å². The maximum absolute atomic E-state index is 10.5. The SMILES string of the molecule is CCc1cc(C)nc(NC[C@H]2C[C@H](c3nnc4n3CCOC4)C[C@H]2O)n1. The van der Waals surface area contributed by atoms with E-state index in [1.165, 1.54) is 0 Å². The number of anilines is 1. The molecule has 3 atom stereocenters. The maximum Gasteiger partial charge on any atom is 0.223 e. The summed E-state index contributed by atoms with van der Waals surface area (Å²) < 4.78 is 7.59. The molecule has 1 fully saturated rings. The monoisotopic (exact) mass is 358 g/mol. The highest BCUT2D eigenvalue weighted by molar-refractivity contribution is 5.28. The van der Waals surface area contributed by atoms with Crippen molar-refractivity contribution >= 4 is 5.95 Å². The summed E-state index contributed by atoms with van der Waals surface area (Å²) in [5.74, 6) is 2.92. The number of nitrogens with zero attached hydrogens (tertiary/aromatic N) is 5. The molecule has 8 heteroatoms. The number of rotatable bonds is 5. The lowest BCUT2D eigenvalue weighted by Gasteiger charge is -2.18. The van der Waals surface area contributed by atoms with Gasteiger partial charge in [-0.3, -0.25) is 0 Å². The molecule has 0 radical (unpaired) electrons. The molecule has 2 aromatic rings. The lowest BCUT2D eigenvalue weighted by Crippen LogP contribution is -2.23. The Morgan fingerprint density at radius 1 is 1.31 bits per heavy atom. The maximum atomic E-state index is 10.5. The molecule has 1 aliphatic carbocycles. The van der Waals surface area contributed by atoms with Crippen LogP contribution in [0.4, 0.5) is 5.95 Å². The molecule has 0 bridgehead atoms. The van der Waals surface area contributed by atoms with Crippen LogP contribution in [0.2, 0.25) is 0 Å². The third kappa shape index (κ3) is 3.43. The second kappa shape index (κ2) is 7.28. The zero-order chi connectivity index (χ0) is 18.1. The summed E-state index contributed by atoms with van der Waals surface area (Å²) in [5, 5.41) is 22.5. The molecule has 1 saturated carbocycles. The summed E-state index contributed by atoms with van der Waals surface area (Å²) in [6.45, 7) is 6.74. The lowest BCUT2D eigenvalue weighted by molar-refractivity contribution is 0.0801. The molecule has 0 spiro atoms. The molecule has 2 aromatic heterocycles. The topological polar surface area (TPSA) is 98.0 Å². The Labute approximate surface area is 153 Å². The molecule has 3 heterocycles. The zero-order valence-electron chi connectivity index (χ0n) is 15.4. The summed E-state index contributed by atoms with van der Waals surface area (Å²) >= 11 is 0. The largest absolute Gasteiger partial charge is 0.393 e. The van der Waals surface area contributed by atoms with Gasteiger partial charge in [0.25, 0.3) is 0 Å². The van der Waals surface area contributed by atoms with Crippen molar-refractivity contribution in [2.45, 2.75) is 58.3 Å². The fourth-order valence-corrected chi connectivity index (χ4v) is 3.97. The molecule has 1 aliphatic heterocycles. The third-order valence-corrected chi connectivity index (χ3v) is 5.36. The van der Waals surface area contributed by atoms with E-state index in [4.69, 9.17) is 4.74 Å². The first kappa shape index (κ1) is 17.4. The number of aliphatic hydroxyl groups excluding tert-OH is 1. The Balaban J connectivity index is 1.41. The molecular formula is C18H26N6O2. The van der Waals surface area contributed by atoms with Crippen molar-refractivity contribution in [2.24, 2.45) is 5.92 Å². The molecule has 0 saturated heterocycles. The minimum Gasteiger partial charge on any atom is -0.393 e. The van der Waals surface area contributed by atoms with Crippen LogP contribution in [0.3, 0.4) is 0 Å².